The van der Waals surface area contributed by atoms with E-state index in [9.17, 15) is 23.2 Å². The van der Waals surface area contributed by atoms with Gasteiger partial charge in [0.05, 0.1) is 10.0 Å². The summed E-state index contributed by atoms with van der Waals surface area (Å²) in [6, 6.07) is 12.1. The van der Waals surface area contributed by atoms with Crippen LogP contribution in [-0.2, 0) is 14.9 Å². The van der Waals surface area contributed by atoms with Gasteiger partial charge in [-0.2, -0.15) is 8.42 Å². The van der Waals surface area contributed by atoms with E-state index in [1.165, 1.54) is 48.5 Å². The summed E-state index contributed by atoms with van der Waals surface area (Å²) in [5.41, 5.74) is -0.719. The van der Waals surface area contributed by atoms with E-state index in [2.05, 4.69) is 0 Å². The fourth-order valence-electron chi connectivity index (χ4n) is 3.21. The zero-order valence-corrected chi connectivity index (χ0v) is 18.1. The van der Waals surface area contributed by atoms with E-state index in [4.69, 9.17) is 46.4 Å². The van der Waals surface area contributed by atoms with Crippen molar-refractivity contribution in [3.8, 4) is 11.5 Å². The number of phenolic OH excluding ortho intramolecular Hbond substituents is 2. The van der Waals surface area contributed by atoms with Crippen molar-refractivity contribution >= 4 is 56.5 Å². The molecule has 0 spiro atoms. The first-order chi connectivity index (χ1) is 13.5. The van der Waals surface area contributed by atoms with Crippen molar-refractivity contribution in [3.05, 3.63) is 91.4 Å². The average molecular weight is 494 g/mol. The molecule has 1 atom stereocenters. The number of halogens is 4. The second kappa shape index (κ2) is 7.87. The van der Waals surface area contributed by atoms with Gasteiger partial charge in [0.2, 0.25) is 0 Å². The lowest BCUT2D eigenvalue weighted by Crippen LogP contribution is -2.39. The Morgan fingerprint density at radius 2 is 1.31 bits per heavy atom. The summed E-state index contributed by atoms with van der Waals surface area (Å²) in [6.45, 7) is 0. The molecule has 0 aliphatic carbocycles. The van der Waals surface area contributed by atoms with Crippen molar-refractivity contribution in [2.24, 2.45) is 0 Å². The summed E-state index contributed by atoms with van der Waals surface area (Å²) in [7, 11) is -5.14. The van der Waals surface area contributed by atoms with Crippen LogP contribution < -0.4 is 0 Å². The Kier molecular flexibility index (Phi) is 5.98. The van der Waals surface area contributed by atoms with Crippen LogP contribution in [0, 0.1) is 0 Å². The first kappa shape index (κ1) is 22.0. The quantitative estimate of drug-likeness (QED) is 0.311. The van der Waals surface area contributed by atoms with Crippen LogP contribution in [0.4, 0.5) is 0 Å². The van der Waals surface area contributed by atoms with Gasteiger partial charge < -0.3 is 10.2 Å². The topological polar surface area (TPSA) is 94.8 Å². The summed E-state index contributed by atoms with van der Waals surface area (Å²) < 4.78 is 33.9. The molecule has 3 rings (SSSR count). The van der Waals surface area contributed by atoms with E-state index in [-0.39, 0.29) is 36.8 Å². The summed E-state index contributed by atoms with van der Waals surface area (Å²) in [5, 5.41) is 20.0. The Hall–Kier alpha value is -1.67. The lowest BCUT2D eigenvalue weighted by atomic mass is 9.83. The molecule has 1 unspecified atom stereocenters. The minimum Gasteiger partial charge on any atom is -0.506 e. The Morgan fingerprint density at radius 3 is 1.93 bits per heavy atom. The van der Waals surface area contributed by atoms with Crippen LogP contribution in [0.5, 0.6) is 11.5 Å². The van der Waals surface area contributed by atoms with Gasteiger partial charge in [-0.15, -0.1) is 0 Å². The van der Waals surface area contributed by atoms with Gasteiger partial charge in [0, 0.05) is 21.7 Å². The van der Waals surface area contributed by atoms with Gasteiger partial charge in [-0.05, 0) is 18.2 Å². The predicted octanol–water partition coefficient (Wildman–Crippen LogP) is 5.89. The molecule has 0 radical (unpaired) electrons. The third-order valence-electron chi connectivity index (χ3n) is 4.45. The van der Waals surface area contributed by atoms with Gasteiger partial charge in [-0.25, -0.2) is 0 Å². The Morgan fingerprint density at radius 1 is 0.690 bits per heavy atom. The summed E-state index contributed by atoms with van der Waals surface area (Å²) in [5.74, 6) is -1.14. The molecule has 5 nitrogen and oxygen atoms in total. The standard InChI is InChI=1S/C19H12Cl4O5S/c20-13-6-2-1-4-10(13)19(29(26,27)28,11-5-3-7-15(24)16(11)22)12-8-9-14(21)17(23)18(12)25/h1-9,24-25H,(H,26,27,28). The van der Waals surface area contributed by atoms with Crippen LogP contribution in [0.25, 0.3) is 0 Å². The molecule has 3 aromatic rings. The van der Waals surface area contributed by atoms with Crippen molar-refractivity contribution in [1.29, 1.82) is 0 Å². The van der Waals surface area contributed by atoms with Gasteiger partial charge >= 0.3 is 0 Å². The number of hydrogen-bond donors (Lipinski definition) is 3. The number of aromatic hydroxyl groups is 2. The Balaban J connectivity index is 2.66. The Labute approximate surface area is 186 Å². The van der Waals surface area contributed by atoms with Crippen LogP contribution in [0.1, 0.15) is 16.7 Å². The smallest absolute Gasteiger partial charge is 0.283 e. The second-order valence-electron chi connectivity index (χ2n) is 6.03. The fourth-order valence-corrected chi connectivity index (χ4v) is 5.54. The first-order valence-electron chi connectivity index (χ1n) is 7.91. The highest BCUT2D eigenvalue weighted by Gasteiger charge is 2.53. The van der Waals surface area contributed by atoms with Gasteiger partial charge in [-0.3, -0.25) is 4.55 Å². The molecule has 10 heteroatoms. The molecule has 0 fully saturated rings. The van der Waals surface area contributed by atoms with Crippen molar-refractivity contribution in [2.75, 3.05) is 0 Å². The minimum atomic E-state index is -5.14. The number of hydrogen-bond acceptors (Lipinski definition) is 4. The lowest BCUT2D eigenvalue weighted by Gasteiger charge is -2.34. The highest BCUT2D eigenvalue weighted by atomic mass is 35.5. The van der Waals surface area contributed by atoms with Crippen LogP contribution in [0.2, 0.25) is 20.1 Å². The van der Waals surface area contributed by atoms with Crippen molar-refractivity contribution in [2.45, 2.75) is 4.75 Å². The molecule has 0 saturated carbocycles. The highest BCUT2D eigenvalue weighted by molar-refractivity contribution is 7.87. The molecule has 3 N–H and O–H groups in total. The average Bonchev–Trinajstić information content (AvgIpc) is 2.65. The lowest BCUT2D eigenvalue weighted by molar-refractivity contribution is 0.439. The zero-order valence-electron chi connectivity index (χ0n) is 14.3. The van der Waals surface area contributed by atoms with E-state index in [1.54, 1.807) is 6.07 Å². The van der Waals surface area contributed by atoms with E-state index in [1.807, 2.05) is 0 Å². The normalized spacial score (nSPS) is 13.8. The van der Waals surface area contributed by atoms with E-state index in [0.29, 0.717) is 0 Å². The highest BCUT2D eigenvalue weighted by Crippen LogP contribution is 2.53. The molecule has 0 aliphatic rings. The van der Waals surface area contributed by atoms with Crippen LogP contribution in [0.3, 0.4) is 0 Å². The van der Waals surface area contributed by atoms with Gasteiger partial charge in [-0.1, -0.05) is 82.8 Å². The molecule has 0 bridgehead atoms. The zero-order chi connectivity index (χ0) is 21.6. The maximum absolute atomic E-state index is 13.0. The molecule has 0 heterocycles. The molecule has 152 valence electrons. The summed E-state index contributed by atoms with van der Waals surface area (Å²) in [6.07, 6.45) is 0. The van der Waals surface area contributed by atoms with Crippen molar-refractivity contribution < 1.29 is 23.2 Å². The predicted molar refractivity (Wildman–Crippen MR) is 114 cm³/mol. The van der Waals surface area contributed by atoms with Gasteiger partial charge in [0.1, 0.15) is 16.5 Å². The first-order valence-corrected chi connectivity index (χ1v) is 10.9. The van der Waals surface area contributed by atoms with Crippen LogP contribution in [0.15, 0.2) is 54.6 Å². The minimum absolute atomic E-state index is 0.0432. The number of rotatable bonds is 4. The van der Waals surface area contributed by atoms with Crippen molar-refractivity contribution in [3.63, 3.8) is 0 Å². The van der Waals surface area contributed by atoms with Crippen LogP contribution >= 0.6 is 46.4 Å². The number of benzene rings is 3. The molecule has 0 amide bonds. The van der Waals surface area contributed by atoms with Gasteiger partial charge in [0.15, 0.2) is 4.75 Å². The third-order valence-corrected chi connectivity index (χ3v) is 7.40. The fraction of sp³-hybridized carbons (Fsp3) is 0.0526. The summed E-state index contributed by atoms with van der Waals surface area (Å²) >= 11 is 24.5. The van der Waals surface area contributed by atoms with E-state index >= 15 is 0 Å². The molecule has 0 saturated heterocycles. The molecule has 0 aliphatic heterocycles. The maximum Gasteiger partial charge on any atom is 0.283 e. The third kappa shape index (κ3) is 3.44. The van der Waals surface area contributed by atoms with E-state index in [0.717, 1.165) is 0 Å². The molecular weight excluding hydrogens is 482 g/mol. The molecule has 29 heavy (non-hydrogen) atoms. The SMILES string of the molecule is O=S(=O)(O)C(c1ccccc1Cl)(c1ccc(Cl)c(Cl)c1O)c1cccc(O)c1Cl. The Bertz CT molecular complexity index is 1210. The number of phenols is 2. The summed E-state index contributed by atoms with van der Waals surface area (Å²) in [4.78, 5) is 0. The molecular formula is C19H12Cl4O5S. The second-order valence-corrected chi connectivity index (χ2v) is 9.17. The molecule has 0 aromatic heterocycles. The van der Waals surface area contributed by atoms with Crippen molar-refractivity contribution in [1.82, 2.24) is 0 Å². The van der Waals surface area contributed by atoms with E-state index < -0.39 is 26.4 Å². The molecule has 3 aromatic carbocycles. The monoisotopic (exact) mass is 492 g/mol. The maximum atomic E-state index is 13.0. The largest absolute Gasteiger partial charge is 0.506 e. The van der Waals surface area contributed by atoms with Gasteiger partial charge in [0.25, 0.3) is 10.1 Å². The van der Waals surface area contributed by atoms with Crippen LogP contribution in [-0.4, -0.2) is 23.2 Å².